The van der Waals surface area contributed by atoms with Gasteiger partial charge in [0.05, 0.1) is 11.4 Å². The van der Waals surface area contributed by atoms with Crippen LogP contribution >= 0.6 is 0 Å². The van der Waals surface area contributed by atoms with Crippen molar-refractivity contribution in [3.63, 3.8) is 0 Å². The van der Waals surface area contributed by atoms with Crippen molar-refractivity contribution < 1.29 is 0 Å². The van der Waals surface area contributed by atoms with Crippen LogP contribution in [0, 0.1) is 6.92 Å². The van der Waals surface area contributed by atoms with Crippen LogP contribution in [0.1, 0.15) is 25.5 Å². The van der Waals surface area contributed by atoms with Crippen LogP contribution in [0.25, 0.3) is 11.3 Å². The van der Waals surface area contributed by atoms with Crippen molar-refractivity contribution in [3.8, 4) is 11.3 Å². The summed E-state index contributed by atoms with van der Waals surface area (Å²) >= 11 is 0. The molecule has 0 spiro atoms. The molecule has 2 saturated heterocycles. The first kappa shape index (κ1) is 17.9. The second kappa shape index (κ2) is 7.64. The molecular weight excluding hydrogens is 342 g/mol. The first-order chi connectivity index (χ1) is 13.1. The monoisotopic (exact) mass is 369 g/mol. The zero-order valence-electron chi connectivity index (χ0n) is 16.1. The maximum absolute atomic E-state index is 12.3. The number of piperazine rings is 1. The van der Waals surface area contributed by atoms with Crippen molar-refractivity contribution in [2.24, 2.45) is 0 Å². The molecule has 0 unspecified atom stereocenters. The van der Waals surface area contributed by atoms with Gasteiger partial charge in [-0.05, 0) is 26.3 Å². The van der Waals surface area contributed by atoms with Crippen LogP contribution in [0.5, 0.6) is 0 Å². The van der Waals surface area contributed by atoms with Gasteiger partial charge < -0.3 is 14.7 Å². The second-order valence-electron chi connectivity index (χ2n) is 7.24. The number of aryl methyl sites for hydroxylation is 1. The van der Waals surface area contributed by atoms with Gasteiger partial charge in [-0.2, -0.15) is 0 Å². The van der Waals surface area contributed by atoms with Crippen molar-refractivity contribution in [1.82, 2.24) is 24.8 Å². The Morgan fingerprint density at radius 2 is 1.78 bits per heavy atom. The molecule has 2 aliphatic heterocycles. The van der Waals surface area contributed by atoms with E-state index < -0.39 is 0 Å². The van der Waals surface area contributed by atoms with E-state index in [1.807, 2.05) is 6.92 Å². The molecule has 144 valence electrons. The third-order valence-electron chi connectivity index (χ3n) is 5.48. The first-order valence-corrected chi connectivity index (χ1v) is 9.81. The van der Waals surface area contributed by atoms with E-state index in [1.165, 1.54) is 18.9 Å². The number of rotatable bonds is 4. The van der Waals surface area contributed by atoms with E-state index in [4.69, 9.17) is 4.98 Å². The Morgan fingerprint density at radius 1 is 1.04 bits per heavy atom. The lowest BCUT2D eigenvalue weighted by atomic mass is 10.2. The molecule has 8 heteroatoms. The predicted molar refractivity (Wildman–Crippen MR) is 106 cm³/mol. The third-order valence-corrected chi connectivity index (χ3v) is 5.48. The minimum absolute atomic E-state index is 0.143. The lowest BCUT2D eigenvalue weighted by Gasteiger charge is -2.34. The van der Waals surface area contributed by atoms with E-state index in [-0.39, 0.29) is 5.56 Å². The molecule has 0 aliphatic carbocycles. The zero-order chi connectivity index (χ0) is 18.8. The van der Waals surface area contributed by atoms with E-state index in [1.54, 1.807) is 6.20 Å². The number of nitrogens with zero attached hydrogens (tertiary/aromatic N) is 6. The molecule has 0 amide bonds. The SMILES string of the molecule is CCN1CCN(c2nc(-c3cnc(N4CCCC4)nc3C)cc(=O)[nH]2)CC1. The summed E-state index contributed by atoms with van der Waals surface area (Å²) in [5.74, 6) is 1.41. The summed E-state index contributed by atoms with van der Waals surface area (Å²) in [5, 5.41) is 0. The van der Waals surface area contributed by atoms with Crippen molar-refractivity contribution in [1.29, 1.82) is 0 Å². The summed E-state index contributed by atoms with van der Waals surface area (Å²) < 4.78 is 0. The Morgan fingerprint density at radius 3 is 2.44 bits per heavy atom. The van der Waals surface area contributed by atoms with Gasteiger partial charge in [-0.15, -0.1) is 0 Å². The van der Waals surface area contributed by atoms with Gasteiger partial charge in [-0.25, -0.2) is 15.0 Å². The van der Waals surface area contributed by atoms with Crippen molar-refractivity contribution >= 4 is 11.9 Å². The number of hydrogen-bond acceptors (Lipinski definition) is 7. The van der Waals surface area contributed by atoms with Crippen LogP contribution in [0.2, 0.25) is 0 Å². The third kappa shape index (κ3) is 3.80. The number of anilines is 2. The van der Waals surface area contributed by atoms with Crippen LogP contribution in [-0.2, 0) is 0 Å². The highest BCUT2D eigenvalue weighted by Gasteiger charge is 2.20. The van der Waals surface area contributed by atoms with Crippen molar-refractivity contribution in [2.75, 3.05) is 55.6 Å². The van der Waals surface area contributed by atoms with Gasteiger partial charge in [0.25, 0.3) is 5.56 Å². The summed E-state index contributed by atoms with van der Waals surface area (Å²) in [6, 6.07) is 1.53. The molecule has 2 aliphatic rings. The molecule has 2 aromatic rings. The molecule has 0 saturated carbocycles. The lowest BCUT2D eigenvalue weighted by Crippen LogP contribution is -2.47. The van der Waals surface area contributed by atoms with Crippen LogP contribution in [0.4, 0.5) is 11.9 Å². The van der Waals surface area contributed by atoms with Crippen LogP contribution < -0.4 is 15.4 Å². The van der Waals surface area contributed by atoms with E-state index in [0.29, 0.717) is 11.6 Å². The van der Waals surface area contributed by atoms with Gasteiger partial charge in [0, 0.05) is 57.1 Å². The normalized spacial score (nSPS) is 18.3. The average molecular weight is 369 g/mol. The Kier molecular flexibility index (Phi) is 5.07. The lowest BCUT2D eigenvalue weighted by molar-refractivity contribution is 0.270. The predicted octanol–water partition coefficient (Wildman–Crippen LogP) is 1.28. The highest BCUT2D eigenvalue weighted by Crippen LogP contribution is 2.23. The fourth-order valence-corrected chi connectivity index (χ4v) is 3.78. The van der Waals surface area contributed by atoms with E-state index in [0.717, 1.165) is 63.0 Å². The first-order valence-electron chi connectivity index (χ1n) is 9.81. The minimum atomic E-state index is -0.143. The smallest absolute Gasteiger partial charge is 0.252 e. The van der Waals surface area contributed by atoms with E-state index >= 15 is 0 Å². The fourth-order valence-electron chi connectivity index (χ4n) is 3.78. The molecule has 2 fully saturated rings. The van der Waals surface area contributed by atoms with Crippen molar-refractivity contribution in [3.05, 3.63) is 28.3 Å². The number of likely N-dealkylation sites (N-methyl/N-ethyl adjacent to an activating group) is 1. The average Bonchev–Trinajstić information content (AvgIpc) is 3.22. The molecule has 0 bridgehead atoms. The van der Waals surface area contributed by atoms with Crippen molar-refractivity contribution in [2.45, 2.75) is 26.7 Å². The number of aromatic amines is 1. The van der Waals surface area contributed by atoms with Gasteiger partial charge in [0.2, 0.25) is 11.9 Å². The molecule has 27 heavy (non-hydrogen) atoms. The Balaban J connectivity index is 1.60. The van der Waals surface area contributed by atoms with Gasteiger partial charge >= 0.3 is 0 Å². The largest absolute Gasteiger partial charge is 0.341 e. The number of hydrogen-bond donors (Lipinski definition) is 1. The number of aromatic nitrogens is 4. The quantitative estimate of drug-likeness (QED) is 0.869. The number of nitrogens with one attached hydrogen (secondary N) is 1. The van der Waals surface area contributed by atoms with Gasteiger partial charge in [-0.3, -0.25) is 9.78 Å². The Labute approximate surface area is 159 Å². The Bertz CT molecular complexity index is 851. The second-order valence-corrected chi connectivity index (χ2v) is 7.24. The molecular formula is C19H27N7O. The summed E-state index contributed by atoms with van der Waals surface area (Å²) in [4.78, 5) is 35.8. The molecule has 4 rings (SSSR count). The topological polar surface area (TPSA) is 81.2 Å². The summed E-state index contributed by atoms with van der Waals surface area (Å²) in [7, 11) is 0. The molecule has 2 aromatic heterocycles. The van der Waals surface area contributed by atoms with Crippen LogP contribution in [0.3, 0.4) is 0 Å². The van der Waals surface area contributed by atoms with Gasteiger partial charge in [-0.1, -0.05) is 6.92 Å². The van der Waals surface area contributed by atoms with E-state index in [9.17, 15) is 4.79 Å². The summed E-state index contributed by atoms with van der Waals surface area (Å²) in [5.41, 5.74) is 2.16. The molecule has 0 aromatic carbocycles. The summed E-state index contributed by atoms with van der Waals surface area (Å²) in [6.07, 6.45) is 4.18. The van der Waals surface area contributed by atoms with Gasteiger partial charge in [0.1, 0.15) is 0 Å². The molecule has 1 N–H and O–H groups in total. The minimum Gasteiger partial charge on any atom is -0.341 e. The molecule has 4 heterocycles. The maximum Gasteiger partial charge on any atom is 0.252 e. The van der Waals surface area contributed by atoms with Gasteiger partial charge in [0.15, 0.2) is 0 Å². The highest BCUT2D eigenvalue weighted by atomic mass is 16.1. The fraction of sp³-hybridized carbons (Fsp3) is 0.579. The molecule has 0 atom stereocenters. The standard InChI is InChI=1S/C19H27N7O/c1-3-24-8-10-26(11-9-24)19-22-16(12-17(27)23-19)15-13-20-18(21-14(15)2)25-6-4-5-7-25/h12-13H,3-11H2,1-2H3,(H,22,23,27). The zero-order valence-corrected chi connectivity index (χ0v) is 16.1. The van der Waals surface area contributed by atoms with Crippen LogP contribution in [0.15, 0.2) is 17.1 Å². The highest BCUT2D eigenvalue weighted by molar-refractivity contribution is 5.62. The Hall–Kier alpha value is -2.48. The molecule has 8 nitrogen and oxygen atoms in total. The van der Waals surface area contributed by atoms with Crippen LogP contribution in [-0.4, -0.2) is 70.6 Å². The number of H-pyrrole nitrogens is 1. The van der Waals surface area contributed by atoms with E-state index in [2.05, 4.69) is 36.6 Å². The molecule has 0 radical (unpaired) electrons. The summed E-state index contributed by atoms with van der Waals surface area (Å²) in [6.45, 7) is 10.9. The maximum atomic E-state index is 12.3.